The van der Waals surface area contributed by atoms with Crippen molar-refractivity contribution < 1.29 is 4.42 Å². The van der Waals surface area contributed by atoms with E-state index in [9.17, 15) is 0 Å². The van der Waals surface area contributed by atoms with E-state index >= 15 is 0 Å². The van der Waals surface area contributed by atoms with Crippen LogP contribution in [0.3, 0.4) is 0 Å². The van der Waals surface area contributed by atoms with Crippen LogP contribution in [0.25, 0.3) is 11.3 Å². The van der Waals surface area contributed by atoms with Crippen molar-refractivity contribution in [2.75, 3.05) is 0 Å². The molecular weight excluding hydrogens is 362 g/mol. The minimum atomic E-state index is 0.618. The topological polar surface area (TPSA) is 42.8 Å². The van der Waals surface area contributed by atoms with Gasteiger partial charge in [0.05, 0.1) is 29.1 Å². The molecular formula is C20H17N3OS2. The maximum atomic E-state index is 5.55. The number of rotatable bonds is 5. The summed E-state index contributed by atoms with van der Waals surface area (Å²) in [6, 6.07) is 18.3. The van der Waals surface area contributed by atoms with Crippen LogP contribution in [0.1, 0.15) is 17.6 Å². The highest BCUT2D eigenvalue weighted by molar-refractivity contribution is 7.12. The molecule has 130 valence electrons. The number of benzene rings is 1. The first-order valence-electron chi connectivity index (χ1n) is 8.19. The van der Waals surface area contributed by atoms with Gasteiger partial charge in [-0.25, -0.2) is 0 Å². The normalized spacial score (nSPS) is 12.7. The first kappa shape index (κ1) is 16.8. The summed E-state index contributed by atoms with van der Waals surface area (Å²) in [5, 5.41) is 13.1. The fraction of sp³-hybridized carbons (Fsp3) is 0.100. The second-order valence-corrected chi connectivity index (χ2v) is 7.48. The molecule has 6 heteroatoms. The zero-order chi connectivity index (χ0) is 17.8. The quantitative estimate of drug-likeness (QED) is 0.345. The van der Waals surface area contributed by atoms with Crippen molar-refractivity contribution in [1.29, 1.82) is 0 Å². The van der Waals surface area contributed by atoms with Gasteiger partial charge >= 0.3 is 0 Å². The molecule has 26 heavy (non-hydrogen) atoms. The molecule has 3 aromatic heterocycles. The summed E-state index contributed by atoms with van der Waals surface area (Å²) < 4.78 is 7.69. The third-order valence-electron chi connectivity index (χ3n) is 3.92. The van der Waals surface area contributed by atoms with Crippen LogP contribution >= 0.6 is 22.7 Å². The van der Waals surface area contributed by atoms with E-state index in [0.29, 0.717) is 6.54 Å². The van der Waals surface area contributed by atoms with Gasteiger partial charge in [0.25, 0.3) is 0 Å². The summed E-state index contributed by atoms with van der Waals surface area (Å²) in [5.74, 6) is 0.890. The lowest BCUT2D eigenvalue weighted by Crippen LogP contribution is -2.16. The second-order valence-electron chi connectivity index (χ2n) is 5.70. The molecule has 0 N–H and O–H groups in total. The predicted molar refractivity (Wildman–Crippen MR) is 108 cm³/mol. The van der Waals surface area contributed by atoms with Crippen LogP contribution in [0.4, 0.5) is 0 Å². The Morgan fingerprint density at radius 2 is 1.92 bits per heavy atom. The number of furan rings is 1. The second kappa shape index (κ2) is 7.68. The summed E-state index contributed by atoms with van der Waals surface area (Å²) in [4.78, 5) is 1.97. The van der Waals surface area contributed by atoms with E-state index in [1.807, 2.05) is 48.7 Å². The molecule has 0 saturated carbocycles. The molecule has 0 spiro atoms. The van der Waals surface area contributed by atoms with Crippen molar-refractivity contribution in [3.8, 4) is 11.3 Å². The minimum Gasteiger partial charge on any atom is -0.467 e. The lowest BCUT2D eigenvalue weighted by molar-refractivity contribution is 0.491. The molecule has 3 heterocycles. The summed E-state index contributed by atoms with van der Waals surface area (Å²) in [7, 11) is 0. The molecule has 0 amide bonds. The Hall–Kier alpha value is -2.70. The van der Waals surface area contributed by atoms with Crippen molar-refractivity contribution in [2.45, 2.75) is 13.5 Å². The van der Waals surface area contributed by atoms with Crippen LogP contribution in [0.15, 0.2) is 86.2 Å². The van der Waals surface area contributed by atoms with Crippen LogP contribution in [0.2, 0.25) is 0 Å². The molecule has 0 bridgehead atoms. The highest BCUT2D eigenvalue weighted by Crippen LogP contribution is 2.21. The molecule has 0 fully saturated rings. The van der Waals surface area contributed by atoms with Crippen molar-refractivity contribution in [1.82, 2.24) is 4.57 Å². The molecule has 4 rings (SSSR count). The Bertz CT molecular complexity index is 1060. The van der Waals surface area contributed by atoms with E-state index in [1.165, 1.54) is 0 Å². The zero-order valence-electron chi connectivity index (χ0n) is 14.2. The fourth-order valence-electron chi connectivity index (χ4n) is 2.61. The van der Waals surface area contributed by atoms with Crippen LogP contribution in [0.5, 0.6) is 0 Å². The van der Waals surface area contributed by atoms with Crippen LogP contribution < -0.4 is 4.80 Å². The average molecular weight is 380 g/mol. The number of aromatic nitrogens is 1. The van der Waals surface area contributed by atoms with Crippen LogP contribution in [-0.2, 0) is 6.54 Å². The summed E-state index contributed by atoms with van der Waals surface area (Å²) >= 11 is 3.25. The summed E-state index contributed by atoms with van der Waals surface area (Å²) in [6.07, 6.45) is 1.69. The van der Waals surface area contributed by atoms with Crippen LogP contribution in [-0.4, -0.2) is 10.3 Å². The fourth-order valence-corrected chi connectivity index (χ4v) is 4.14. The smallest absolute Gasteiger partial charge is 0.211 e. The third kappa shape index (κ3) is 3.61. The number of nitrogens with zero attached hydrogens (tertiary/aromatic N) is 3. The van der Waals surface area contributed by atoms with Crippen molar-refractivity contribution in [3.63, 3.8) is 0 Å². The van der Waals surface area contributed by atoms with E-state index in [2.05, 4.69) is 38.3 Å². The van der Waals surface area contributed by atoms with Crippen LogP contribution in [0, 0.1) is 0 Å². The molecule has 0 radical (unpaired) electrons. The molecule has 0 aliphatic heterocycles. The van der Waals surface area contributed by atoms with E-state index in [0.717, 1.165) is 32.4 Å². The van der Waals surface area contributed by atoms with Gasteiger partial charge in [-0.1, -0.05) is 36.4 Å². The molecule has 4 aromatic rings. The highest BCUT2D eigenvalue weighted by Gasteiger charge is 2.10. The zero-order valence-corrected chi connectivity index (χ0v) is 15.8. The van der Waals surface area contributed by atoms with Gasteiger partial charge in [0, 0.05) is 5.38 Å². The standard InChI is InChI=1S/C20H17N3OS2/c1-15(19-10-6-12-25-19)21-22-20-23(13-17-9-5-11-24-17)18(14-26-20)16-7-3-2-4-8-16/h2-12,14H,13H2,1H3/b21-15+,22-20-. The van der Waals surface area contributed by atoms with E-state index < -0.39 is 0 Å². The first-order chi connectivity index (χ1) is 12.8. The van der Waals surface area contributed by atoms with Gasteiger partial charge in [-0.3, -0.25) is 0 Å². The van der Waals surface area contributed by atoms with Gasteiger partial charge in [-0.05, 0) is 36.1 Å². The van der Waals surface area contributed by atoms with Crippen molar-refractivity contribution >= 4 is 28.4 Å². The summed E-state index contributed by atoms with van der Waals surface area (Å²) in [6.45, 7) is 2.60. The largest absolute Gasteiger partial charge is 0.467 e. The van der Waals surface area contributed by atoms with Gasteiger partial charge in [-0.15, -0.1) is 27.8 Å². The Morgan fingerprint density at radius 3 is 2.65 bits per heavy atom. The Kier molecular flexibility index (Phi) is 4.95. The maximum Gasteiger partial charge on any atom is 0.211 e. The lowest BCUT2D eigenvalue weighted by Gasteiger charge is -2.07. The third-order valence-corrected chi connectivity index (χ3v) is 5.76. The summed E-state index contributed by atoms with van der Waals surface area (Å²) in [5.41, 5.74) is 3.17. The Balaban J connectivity index is 1.78. The Labute approximate surface area is 159 Å². The molecule has 0 unspecified atom stereocenters. The van der Waals surface area contributed by atoms with Gasteiger partial charge in [0.15, 0.2) is 0 Å². The number of hydrogen-bond acceptors (Lipinski definition) is 5. The van der Waals surface area contributed by atoms with Gasteiger partial charge < -0.3 is 8.98 Å². The molecule has 4 nitrogen and oxygen atoms in total. The van der Waals surface area contributed by atoms with E-state index in [4.69, 9.17) is 4.42 Å². The highest BCUT2D eigenvalue weighted by atomic mass is 32.1. The van der Waals surface area contributed by atoms with Gasteiger partial charge in [0.1, 0.15) is 5.76 Å². The maximum absolute atomic E-state index is 5.55. The van der Waals surface area contributed by atoms with Gasteiger partial charge in [0.2, 0.25) is 4.80 Å². The molecule has 0 aliphatic rings. The number of thiazole rings is 1. The van der Waals surface area contributed by atoms with E-state index in [1.54, 1.807) is 28.9 Å². The minimum absolute atomic E-state index is 0.618. The van der Waals surface area contributed by atoms with Crippen molar-refractivity contribution in [3.05, 3.63) is 87.1 Å². The molecule has 0 aliphatic carbocycles. The number of hydrogen-bond donors (Lipinski definition) is 0. The molecule has 0 atom stereocenters. The predicted octanol–water partition coefficient (Wildman–Crippen LogP) is 5.24. The molecule has 1 aromatic carbocycles. The number of thiophene rings is 1. The average Bonchev–Trinajstić information content (AvgIpc) is 3.43. The first-order valence-corrected chi connectivity index (χ1v) is 9.95. The van der Waals surface area contributed by atoms with Gasteiger partial charge in [-0.2, -0.15) is 5.10 Å². The van der Waals surface area contributed by atoms with Crippen molar-refractivity contribution in [2.24, 2.45) is 10.2 Å². The molecule has 0 saturated heterocycles. The van der Waals surface area contributed by atoms with E-state index in [-0.39, 0.29) is 0 Å². The Morgan fingerprint density at radius 1 is 1.04 bits per heavy atom. The lowest BCUT2D eigenvalue weighted by atomic mass is 10.2. The monoisotopic (exact) mass is 379 g/mol. The SMILES string of the molecule is C/C(=N\N=c1/scc(-c2ccccc2)n1Cc1ccco1)c1cccs1.